The van der Waals surface area contributed by atoms with Crippen LogP contribution >= 0.6 is 27.5 Å². The van der Waals surface area contributed by atoms with Crippen LogP contribution < -0.4 is 0 Å². The fraction of sp³-hybridized carbons (Fsp3) is 0.214. The van der Waals surface area contributed by atoms with Crippen LogP contribution in [0, 0.1) is 6.92 Å². The van der Waals surface area contributed by atoms with Crippen LogP contribution in [0.3, 0.4) is 0 Å². The van der Waals surface area contributed by atoms with Gasteiger partial charge in [-0.25, -0.2) is 0 Å². The Morgan fingerprint density at radius 1 is 1.24 bits per heavy atom. The van der Waals surface area contributed by atoms with Gasteiger partial charge in [0.15, 0.2) is 0 Å². The molecule has 1 aromatic heterocycles. The molecule has 1 atom stereocenters. The van der Waals surface area contributed by atoms with Crippen molar-refractivity contribution < 1.29 is 0 Å². The Labute approximate surface area is 115 Å². The van der Waals surface area contributed by atoms with Gasteiger partial charge in [0.1, 0.15) is 0 Å². The summed E-state index contributed by atoms with van der Waals surface area (Å²) in [5.74, 6) is 0. The molecule has 0 bridgehead atoms. The molecule has 3 heteroatoms. The lowest BCUT2D eigenvalue weighted by molar-refractivity contribution is 0.903. The SMILES string of the molecule is Cc1cccc(C(Br)Cc2ccccn2)c1Cl. The molecule has 1 nitrogen and oxygen atoms in total. The smallest absolute Gasteiger partial charge is 0.0478 e. The van der Waals surface area contributed by atoms with Gasteiger partial charge >= 0.3 is 0 Å². The topological polar surface area (TPSA) is 12.9 Å². The third-order valence-electron chi connectivity index (χ3n) is 2.67. The van der Waals surface area contributed by atoms with Crippen molar-refractivity contribution in [3.05, 3.63) is 64.4 Å². The van der Waals surface area contributed by atoms with Crippen molar-refractivity contribution in [1.29, 1.82) is 0 Å². The van der Waals surface area contributed by atoms with E-state index in [0.717, 1.165) is 28.3 Å². The van der Waals surface area contributed by atoms with Crippen LogP contribution in [0.4, 0.5) is 0 Å². The van der Waals surface area contributed by atoms with Gasteiger partial charge < -0.3 is 0 Å². The zero-order chi connectivity index (χ0) is 12.3. The summed E-state index contributed by atoms with van der Waals surface area (Å²) in [5, 5.41) is 0.838. The number of rotatable bonds is 3. The van der Waals surface area contributed by atoms with E-state index < -0.39 is 0 Å². The molecular formula is C14H13BrClN. The second-order valence-corrected chi connectivity index (χ2v) is 5.45. The Morgan fingerprint density at radius 3 is 2.76 bits per heavy atom. The van der Waals surface area contributed by atoms with Crippen molar-refractivity contribution in [3.8, 4) is 0 Å². The molecule has 0 fully saturated rings. The fourth-order valence-electron chi connectivity index (χ4n) is 1.72. The summed E-state index contributed by atoms with van der Waals surface area (Å²) in [7, 11) is 0. The molecule has 1 heterocycles. The third kappa shape index (κ3) is 3.08. The van der Waals surface area contributed by atoms with Crippen LogP contribution in [-0.4, -0.2) is 4.98 Å². The van der Waals surface area contributed by atoms with Gasteiger partial charge in [-0.05, 0) is 30.2 Å². The lowest BCUT2D eigenvalue weighted by Crippen LogP contribution is -1.99. The molecule has 0 aliphatic rings. The number of benzene rings is 1. The number of hydrogen-bond donors (Lipinski definition) is 0. The lowest BCUT2D eigenvalue weighted by atomic mass is 10.1. The molecule has 1 unspecified atom stereocenters. The summed E-state index contributed by atoms with van der Waals surface area (Å²) in [6.45, 7) is 2.02. The van der Waals surface area contributed by atoms with Gasteiger partial charge in [-0.1, -0.05) is 51.8 Å². The molecule has 0 aliphatic heterocycles. The molecule has 0 spiro atoms. The van der Waals surface area contributed by atoms with Crippen molar-refractivity contribution in [2.24, 2.45) is 0 Å². The Morgan fingerprint density at radius 2 is 2.06 bits per heavy atom. The molecule has 2 aromatic rings. The van der Waals surface area contributed by atoms with Crippen LogP contribution in [0.2, 0.25) is 5.02 Å². The zero-order valence-electron chi connectivity index (χ0n) is 9.53. The van der Waals surface area contributed by atoms with Gasteiger partial charge in [-0.2, -0.15) is 0 Å². The van der Waals surface area contributed by atoms with Crippen molar-refractivity contribution >= 4 is 27.5 Å². The highest BCUT2D eigenvalue weighted by molar-refractivity contribution is 9.09. The number of hydrogen-bond acceptors (Lipinski definition) is 1. The van der Waals surface area contributed by atoms with Gasteiger partial charge in [0.05, 0.1) is 0 Å². The molecule has 0 saturated heterocycles. The molecule has 1 aromatic carbocycles. The minimum absolute atomic E-state index is 0.199. The van der Waals surface area contributed by atoms with Crippen molar-refractivity contribution in [3.63, 3.8) is 0 Å². The first kappa shape index (κ1) is 12.6. The van der Waals surface area contributed by atoms with E-state index in [1.807, 2.05) is 43.5 Å². The second kappa shape index (κ2) is 5.65. The number of alkyl halides is 1. The molecule has 2 rings (SSSR count). The number of pyridine rings is 1. The molecule has 0 amide bonds. The normalized spacial score (nSPS) is 12.4. The van der Waals surface area contributed by atoms with E-state index in [2.05, 4.69) is 27.0 Å². The summed E-state index contributed by atoms with van der Waals surface area (Å²) in [5.41, 5.74) is 3.29. The summed E-state index contributed by atoms with van der Waals surface area (Å²) >= 11 is 9.99. The zero-order valence-corrected chi connectivity index (χ0v) is 11.9. The first-order valence-electron chi connectivity index (χ1n) is 5.47. The van der Waals surface area contributed by atoms with Crippen LogP contribution in [0.1, 0.15) is 21.6 Å². The average molecular weight is 311 g/mol. The summed E-state index contributed by atoms with van der Waals surface area (Å²) in [4.78, 5) is 4.52. The minimum Gasteiger partial charge on any atom is -0.261 e. The molecule has 0 radical (unpaired) electrons. The summed E-state index contributed by atoms with van der Waals surface area (Å²) in [6.07, 6.45) is 2.65. The maximum Gasteiger partial charge on any atom is 0.0478 e. The lowest BCUT2D eigenvalue weighted by Gasteiger charge is -2.13. The number of nitrogens with zero attached hydrogens (tertiary/aromatic N) is 1. The monoisotopic (exact) mass is 309 g/mol. The Balaban J connectivity index is 2.20. The Hall–Kier alpha value is -0.860. The highest BCUT2D eigenvalue weighted by atomic mass is 79.9. The summed E-state index contributed by atoms with van der Waals surface area (Å²) in [6, 6.07) is 12.1. The van der Waals surface area contributed by atoms with E-state index in [-0.39, 0.29) is 4.83 Å². The van der Waals surface area contributed by atoms with E-state index in [9.17, 15) is 0 Å². The first-order chi connectivity index (χ1) is 8.18. The molecule has 88 valence electrons. The van der Waals surface area contributed by atoms with E-state index in [1.165, 1.54) is 0 Å². The van der Waals surface area contributed by atoms with Crippen molar-refractivity contribution in [2.45, 2.75) is 18.2 Å². The van der Waals surface area contributed by atoms with Crippen LogP contribution in [0.5, 0.6) is 0 Å². The predicted molar refractivity (Wildman–Crippen MR) is 75.8 cm³/mol. The van der Waals surface area contributed by atoms with Crippen molar-refractivity contribution in [2.75, 3.05) is 0 Å². The van der Waals surface area contributed by atoms with Gasteiger partial charge in [-0.3, -0.25) is 4.98 Å². The second-order valence-electron chi connectivity index (χ2n) is 3.97. The fourth-order valence-corrected chi connectivity index (χ4v) is 2.83. The number of aryl methyl sites for hydroxylation is 1. The number of aromatic nitrogens is 1. The van der Waals surface area contributed by atoms with Crippen molar-refractivity contribution in [1.82, 2.24) is 4.98 Å². The Bertz CT molecular complexity index is 499. The highest BCUT2D eigenvalue weighted by Crippen LogP contribution is 2.33. The third-order valence-corrected chi connectivity index (χ3v) is 4.01. The van der Waals surface area contributed by atoms with Gasteiger partial charge in [0, 0.05) is 28.2 Å². The van der Waals surface area contributed by atoms with Gasteiger partial charge in [0.25, 0.3) is 0 Å². The van der Waals surface area contributed by atoms with Gasteiger partial charge in [-0.15, -0.1) is 0 Å². The Kier molecular flexibility index (Phi) is 4.19. The molecule has 0 saturated carbocycles. The molecular weight excluding hydrogens is 298 g/mol. The van der Waals surface area contributed by atoms with Crippen LogP contribution in [0.25, 0.3) is 0 Å². The minimum atomic E-state index is 0.199. The summed E-state index contributed by atoms with van der Waals surface area (Å²) < 4.78 is 0. The van der Waals surface area contributed by atoms with E-state index in [1.54, 1.807) is 0 Å². The van der Waals surface area contributed by atoms with E-state index >= 15 is 0 Å². The average Bonchev–Trinajstić information content (AvgIpc) is 2.34. The highest BCUT2D eigenvalue weighted by Gasteiger charge is 2.13. The maximum absolute atomic E-state index is 6.30. The number of halogens is 2. The molecule has 0 N–H and O–H groups in total. The first-order valence-corrected chi connectivity index (χ1v) is 6.77. The van der Waals surface area contributed by atoms with Gasteiger partial charge in [0.2, 0.25) is 0 Å². The maximum atomic E-state index is 6.30. The predicted octanol–water partition coefficient (Wildman–Crippen LogP) is 4.72. The molecule has 0 aliphatic carbocycles. The van der Waals surface area contributed by atoms with E-state index in [0.29, 0.717) is 0 Å². The molecule has 17 heavy (non-hydrogen) atoms. The standard InChI is InChI=1S/C14H13BrClN/c1-10-5-4-7-12(14(10)16)13(15)9-11-6-2-3-8-17-11/h2-8,13H,9H2,1H3. The largest absolute Gasteiger partial charge is 0.261 e. The van der Waals surface area contributed by atoms with E-state index in [4.69, 9.17) is 11.6 Å². The quantitative estimate of drug-likeness (QED) is 0.747. The van der Waals surface area contributed by atoms with Crippen LogP contribution in [-0.2, 0) is 6.42 Å². The van der Waals surface area contributed by atoms with Crippen LogP contribution in [0.15, 0.2) is 42.6 Å².